The fourth-order valence-corrected chi connectivity index (χ4v) is 2.79. The topological polar surface area (TPSA) is 88.8 Å². The summed E-state index contributed by atoms with van der Waals surface area (Å²) in [5.41, 5.74) is 3.00. The van der Waals surface area contributed by atoms with Crippen molar-refractivity contribution in [1.29, 1.82) is 0 Å². The average Bonchev–Trinajstić information content (AvgIpc) is 3.16. The summed E-state index contributed by atoms with van der Waals surface area (Å²) in [6.45, 7) is 7.96. The van der Waals surface area contributed by atoms with Gasteiger partial charge in [0.25, 0.3) is 12.3 Å². The first-order valence-electron chi connectivity index (χ1n) is 7.20. The van der Waals surface area contributed by atoms with Crippen molar-refractivity contribution in [3.05, 3.63) is 71.1 Å². The minimum absolute atomic E-state index is 0.351. The van der Waals surface area contributed by atoms with E-state index in [4.69, 9.17) is 28.3 Å². The normalized spacial score (nSPS) is 10.5. The van der Waals surface area contributed by atoms with E-state index in [2.05, 4.69) is 24.2 Å². The summed E-state index contributed by atoms with van der Waals surface area (Å²) in [6.07, 6.45) is 3.11. The zero-order chi connectivity index (χ0) is 18.4. The lowest BCUT2D eigenvalue weighted by molar-refractivity contribution is -0.199. The molecule has 0 bridgehead atoms. The lowest BCUT2D eigenvalue weighted by Gasteiger charge is -2.11. The Kier molecular flexibility index (Phi) is 6.06. The zero-order valence-corrected chi connectivity index (χ0v) is 14.8. The fourth-order valence-electron chi connectivity index (χ4n) is 2.31. The van der Waals surface area contributed by atoms with Crippen LogP contribution in [0, 0.1) is 6.57 Å². The highest BCUT2D eigenvalue weighted by Crippen LogP contribution is 2.37. The number of hydrogen-bond donors (Lipinski definition) is 1. The van der Waals surface area contributed by atoms with E-state index in [0.717, 1.165) is 16.7 Å². The monoisotopic (exact) mass is 389 g/mol. The minimum Gasteiger partial charge on any atom is -0.397 e. The number of hydrogen-bond acceptors (Lipinski definition) is 7. The highest BCUT2D eigenvalue weighted by atomic mass is 35.5. The van der Waals surface area contributed by atoms with E-state index in [1.54, 1.807) is 29.2 Å². The number of benzene rings is 2. The van der Waals surface area contributed by atoms with Crippen molar-refractivity contribution in [3.8, 4) is 16.9 Å². The maximum absolute atomic E-state index is 7.42. The van der Waals surface area contributed by atoms with Crippen molar-refractivity contribution >= 4 is 29.6 Å². The van der Waals surface area contributed by atoms with Crippen molar-refractivity contribution in [3.63, 3.8) is 0 Å². The fraction of sp³-hybridized carbons (Fsp3) is 0.0625. The predicted octanol–water partition coefficient (Wildman–Crippen LogP) is 3.96. The van der Waals surface area contributed by atoms with Crippen LogP contribution in [0.1, 0.15) is 5.56 Å². The molecule has 0 aliphatic heterocycles. The van der Waals surface area contributed by atoms with Gasteiger partial charge in [0.2, 0.25) is 0 Å². The Bertz CT molecular complexity index is 930. The second-order valence-electron chi connectivity index (χ2n) is 5.02. The summed E-state index contributed by atoms with van der Waals surface area (Å²) in [5.74, 6) is 5.11. The smallest absolute Gasteiger partial charge is 0.260 e. The molecule has 1 heterocycles. The molecule has 0 saturated heterocycles. The van der Waals surface area contributed by atoms with E-state index in [1.165, 1.54) is 6.33 Å². The molecule has 0 atom stereocenters. The molecule has 0 saturated carbocycles. The molecule has 3 rings (SSSR count). The van der Waals surface area contributed by atoms with Crippen molar-refractivity contribution < 1.29 is 13.5 Å². The molecule has 0 spiro atoms. The van der Waals surface area contributed by atoms with Crippen molar-refractivity contribution in [1.82, 2.24) is 14.8 Å². The van der Waals surface area contributed by atoms with E-state index >= 15 is 0 Å². The summed E-state index contributed by atoms with van der Waals surface area (Å²) >= 11 is 6.65. The van der Waals surface area contributed by atoms with Gasteiger partial charge in [-0.3, -0.25) is 0 Å². The van der Waals surface area contributed by atoms with Gasteiger partial charge in [-0.25, -0.2) is 14.5 Å². The Hall–Kier alpha value is -2.61. The van der Waals surface area contributed by atoms with Gasteiger partial charge in [-0.15, -0.1) is 9.32 Å². The average molecular weight is 390 g/mol. The second kappa shape index (κ2) is 8.66. The molecular weight excluding hydrogens is 378 g/mol. The van der Waals surface area contributed by atoms with Crippen LogP contribution in [0.5, 0.6) is 5.75 Å². The van der Waals surface area contributed by atoms with Gasteiger partial charge in [-0.1, -0.05) is 35.9 Å². The van der Waals surface area contributed by atoms with Gasteiger partial charge in [-0.05, 0) is 28.8 Å². The number of nitrogens with two attached hydrogens (primary N) is 1. The molecule has 0 fully saturated rings. The Morgan fingerprint density at radius 2 is 2.15 bits per heavy atom. The van der Waals surface area contributed by atoms with Gasteiger partial charge in [0, 0.05) is 0 Å². The van der Waals surface area contributed by atoms with Crippen molar-refractivity contribution in [2.24, 2.45) is 5.90 Å². The molecule has 132 valence electrons. The number of aromatic nitrogens is 3. The van der Waals surface area contributed by atoms with Crippen LogP contribution >= 0.6 is 23.9 Å². The lowest BCUT2D eigenvalue weighted by atomic mass is 10.0. The second-order valence-corrected chi connectivity index (χ2v) is 5.86. The Morgan fingerprint density at radius 1 is 1.27 bits per heavy atom. The van der Waals surface area contributed by atoms with Gasteiger partial charge < -0.3 is 4.18 Å². The molecule has 2 aromatic carbocycles. The van der Waals surface area contributed by atoms with E-state index in [-0.39, 0.29) is 0 Å². The quantitative estimate of drug-likeness (QED) is 0.215. The van der Waals surface area contributed by atoms with E-state index in [0.29, 0.717) is 35.3 Å². The highest BCUT2D eigenvalue weighted by molar-refractivity contribution is 7.90. The van der Waals surface area contributed by atoms with Crippen LogP contribution in [0.2, 0.25) is 5.02 Å². The molecule has 2 N–H and O–H groups in total. The Balaban J connectivity index is 1.94. The molecule has 0 aliphatic rings. The molecular formula is C16H12ClN5O3S. The molecule has 0 amide bonds. The van der Waals surface area contributed by atoms with Crippen LogP contribution in [0.3, 0.4) is 0 Å². The maximum Gasteiger partial charge on any atom is 0.260 e. The van der Waals surface area contributed by atoms with Crippen LogP contribution in [0.4, 0.5) is 5.69 Å². The molecule has 8 nitrogen and oxygen atoms in total. The van der Waals surface area contributed by atoms with Gasteiger partial charge in [-0.2, -0.15) is 11.0 Å². The van der Waals surface area contributed by atoms with Crippen LogP contribution in [0.15, 0.2) is 49.1 Å². The predicted molar refractivity (Wildman–Crippen MR) is 96.9 cm³/mol. The zero-order valence-electron chi connectivity index (χ0n) is 13.2. The largest absolute Gasteiger partial charge is 0.397 e. The van der Waals surface area contributed by atoms with Gasteiger partial charge in [0.1, 0.15) is 12.7 Å². The van der Waals surface area contributed by atoms with Gasteiger partial charge in [0.05, 0.1) is 18.1 Å². The summed E-state index contributed by atoms with van der Waals surface area (Å²) in [5, 5.41) is 4.47. The lowest BCUT2D eigenvalue weighted by Crippen LogP contribution is -2.00. The first-order valence-corrected chi connectivity index (χ1v) is 8.25. The first-order chi connectivity index (χ1) is 12.7. The maximum atomic E-state index is 7.42. The number of rotatable bonds is 7. The summed E-state index contributed by atoms with van der Waals surface area (Å²) in [4.78, 5) is 11.5. The van der Waals surface area contributed by atoms with E-state index in [9.17, 15) is 0 Å². The first kappa shape index (κ1) is 18.2. The third-order valence-corrected chi connectivity index (χ3v) is 4.12. The third kappa shape index (κ3) is 4.32. The van der Waals surface area contributed by atoms with E-state index in [1.807, 2.05) is 18.2 Å². The van der Waals surface area contributed by atoms with Crippen LogP contribution in [-0.2, 0) is 15.9 Å². The molecule has 0 aliphatic carbocycles. The van der Waals surface area contributed by atoms with Crippen molar-refractivity contribution in [2.75, 3.05) is 0 Å². The Labute approximate surface area is 158 Å². The molecule has 0 radical (unpaired) electrons. The van der Waals surface area contributed by atoms with E-state index < -0.39 is 0 Å². The summed E-state index contributed by atoms with van der Waals surface area (Å²) in [7, 11) is 0. The molecule has 10 heteroatoms. The number of halogens is 1. The third-order valence-electron chi connectivity index (χ3n) is 3.43. The minimum atomic E-state index is 0.351. The summed E-state index contributed by atoms with van der Waals surface area (Å²) < 4.78 is 11.4. The highest BCUT2D eigenvalue weighted by Gasteiger charge is 2.11. The Morgan fingerprint density at radius 3 is 2.88 bits per heavy atom. The molecule has 1 aromatic heterocycles. The molecule has 3 aromatic rings. The van der Waals surface area contributed by atoms with Crippen LogP contribution in [0.25, 0.3) is 16.0 Å². The summed E-state index contributed by atoms with van der Waals surface area (Å²) in [6, 6.07) is 10.8. The number of nitrogens with zero attached hydrogens (tertiary/aromatic N) is 4. The molecule has 26 heavy (non-hydrogen) atoms. The van der Waals surface area contributed by atoms with Crippen LogP contribution < -0.4 is 10.1 Å². The molecule has 0 unspecified atom stereocenters. The standard InChI is InChI=1S/C16H12ClN5O3S/c1-19-15-5-2-11(8-22-10-20-9-21-22)6-13(15)12-3-4-14(17)16(7-12)23-26-25-24-18/h2-7,9-10H,8,18H2. The van der Waals surface area contributed by atoms with Crippen LogP contribution in [-0.4, -0.2) is 14.8 Å². The van der Waals surface area contributed by atoms with Crippen molar-refractivity contribution in [2.45, 2.75) is 6.54 Å². The van der Waals surface area contributed by atoms with Gasteiger partial charge >= 0.3 is 0 Å². The van der Waals surface area contributed by atoms with Gasteiger partial charge in [0.15, 0.2) is 11.4 Å². The SMILES string of the molecule is [C-]#[N+]c1ccc(Cn2cncn2)cc1-c1ccc(Cl)c(OSOON)c1.